The molecule has 0 aromatic heterocycles. The molecule has 3 aromatic rings. The van der Waals surface area contributed by atoms with Crippen LogP contribution in [0.25, 0.3) is 0 Å². The fraction of sp³-hybridized carbons (Fsp3) is 0.0952. The Bertz CT molecular complexity index is 1030. The number of nitro benzene ring substituents is 1. The highest BCUT2D eigenvalue weighted by Crippen LogP contribution is 2.23. The van der Waals surface area contributed by atoms with Crippen molar-refractivity contribution < 1.29 is 14.5 Å². The first-order valence-electron chi connectivity index (χ1n) is 8.57. The zero-order valence-corrected chi connectivity index (χ0v) is 18.9. The molecule has 0 amide bonds. The van der Waals surface area contributed by atoms with E-state index in [0.29, 0.717) is 17.9 Å². The van der Waals surface area contributed by atoms with Crippen molar-refractivity contribution in [2.24, 2.45) is 5.16 Å². The molecule has 0 saturated carbocycles. The summed E-state index contributed by atoms with van der Waals surface area (Å²) >= 11 is 5.71. The van der Waals surface area contributed by atoms with Crippen LogP contribution in [0.3, 0.4) is 0 Å². The minimum Gasteiger partial charge on any atom is -0.488 e. The molecule has 3 aromatic carbocycles. The number of oxime groups is 1. The standard InChI is InChI=1S/C21H16BrIN2O4/c22-18-6-9-21(28-13-15-4-7-19(23)8-5-15)17(11-18)12-24-29-14-16-2-1-3-20(10-16)25(26)27/h1-12H,13-14H2/b24-12-. The molecule has 0 aliphatic rings. The zero-order valence-electron chi connectivity index (χ0n) is 15.1. The molecule has 0 saturated heterocycles. The lowest BCUT2D eigenvalue weighted by Crippen LogP contribution is -1.99. The zero-order chi connectivity index (χ0) is 20.6. The summed E-state index contributed by atoms with van der Waals surface area (Å²) in [7, 11) is 0. The van der Waals surface area contributed by atoms with E-state index in [1.807, 2.05) is 42.5 Å². The van der Waals surface area contributed by atoms with Gasteiger partial charge < -0.3 is 9.57 Å². The summed E-state index contributed by atoms with van der Waals surface area (Å²) in [5, 5.41) is 14.8. The first kappa shape index (κ1) is 21.3. The second-order valence-electron chi connectivity index (χ2n) is 6.03. The van der Waals surface area contributed by atoms with Crippen LogP contribution >= 0.6 is 38.5 Å². The van der Waals surface area contributed by atoms with Crippen LogP contribution in [0, 0.1) is 13.7 Å². The number of non-ortho nitro benzene ring substituents is 1. The molecule has 0 atom stereocenters. The number of ether oxygens (including phenoxy) is 1. The van der Waals surface area contributed by atoms with Gasteiger partial charge in [0.1, 0.15) is 19.0 Å². The molecule has 0 N–H and O–H groups in total. The van der Waals surface area contributed by atoms with Crippen molar-refractivity contribution in [2.45, 2.75) is 13.2 Å². The molecule has 0 aliphatic heterocycles. The highest BCUT2D eigenvalue weighted by Gasteiger charge is 2.06. The number of halogens is 2. The molecule has 0 heterocycles. The first-order valence-corrected chi connectivity index (χ1v) is 10.4. The van der Waals surface area contributed by atoms with Crippen LogP contribution in [0.5, 0.6) is 5.75 Å². The van der Waals surface area contributed by atoms with E-state index in [2.05, 4.69) is 43.7 Å². The second kappa shape index (κ2) is 10.4. The third kappa shape index (κ3) is 6.53. The maximum atomic E-state index is 10.8. The average Bonchev–Trinajstić information content (AvgIpc) is 2.72. The van der Waals surface area contributed by atoms with Crippen molar-refractivity contribution in [3.63, 3.8) is 0 Å². The molecule has 29 heavy (non-hydrogen) atoms. The predicted octanol–water partition coefficient (Wildman–Crippen LogP) is 6.09. The van der Waals surface area contributed by atoms with Crippen molar-refractivity contribution >= 4 is 50.4 Å². The summed E-state index contributed by atoms with van der Waals surface area (Å²) < 4.78 is 7.99. The van der Waals surface area contributed by atoms with E-state index >= 15 is 0 Å². The first-order chi connectivity index (χ1) is 14.0. The van der Waals surface area contributed by atoms with Crippen molar-refractivity contribution in [3.05, 3.63) is 102 Å². The smallest absolute Gasteiger partial charge is 0.269 e. The van der Waals surface area contributed by atoms with Crippen molar-refractivity contribution in [1.82, 2.24) is 0 Å². The summed E-state index contributed by atoms with van der Waals surface area (Å²) in [5.41, 5.74) is 2.51. The van der Waals surface area contributed by atoms with Crippen molar-refractivity contribution in [2.75, 3.05) is 0 Å². The molecular weight excluding hydrogens is 551 g/mol. The van der Waals surface area contributed by atoms with Gasteiger partial charge in [-0.15, -0.1) is 0 Å². The van der Waals surface area contributed by atoms with Gasteiger partial charge in [-0.25, -0.2) is 0 Å². The lowest BCUT2D eigenvalue weighted by atomic mass is 10.2. The summed E-state index contributed by atoms with van der Waals surface area (Å²) in [6.07, 6.45) is 1.56. The van der Waals surface area contributed by atoms with E-state index < -0.39 is 4.92 Å². The van der Waals surface area contributed by atoms with Gasteiger partial charge in [0.2, 0.25) is 0 Å². The number of hydrogen-bond acceptors (Lipinski definition) is 5. The highest BCUT2D eigenvalue weighted by molar-refractivity contribution is 14.1. The van der Waals surface area contributed by atoms with Gasteiger partial charge in [0.05, 0.1) is 11.1 Å². The van der Waals surface area contributed by atoms with E-state index in [1.165, 1.54) is 15.7 Å². The van der Waals surface area contributed by atoms with E-state index in [9.17, 15) is 10.1 Å². The van der Waals surface area contributed by atoms with Gasteiger partial charge in [0.25, 0.3) is 5.69 Å². The topological polar surface area (TPSA) is 74.0 Å². The molecule has 0 unspecified atom stereocenters. The molecule has 148 valence electrons. The third-order valence-electron chi connectivity index (χ3n) is 3.90. The Morgan fingerprint density at radius 3 is 2.59 bits per heavy atom. The van der Waals surface area contributed by atoms with Crippen LogP contribution in [-0.2, 0) is 18.1 Å². The van der Waals surface area contributed by atoms with Crippen molar-refractivity contribution in [3.8, 4) is 5.75 Å². The summed E-state index contributed by atoms with van der Waals surface area (Å²) in [6.45, 7) is 0.568. The van der Waals surface area contributed by atoms with E-state index in [-0.39, 0.29) is 12.3 Å². The van der Waals surface area contributed by atoms with Crippen LogP contribution < -0.4 is 4.74 Å². The molecule has 0 aliphatic carbocycles. The van der Waals surface area contributed by atoms with Gasteiger partial charge in [-0.3, -0.25) is 10.1 Å². The predicted molar refractivity (Wildman–Crippen MR) is 123 cm³/mol. The Balaban J connectivity index is 1.63. The molecule has 0 radical (unpaired) electrons. The second-order valence-corrected chi connectivity index (χ2v) is 8.19. The molecule has 8 heteroatoms. The Labute approximate surface area is 189 Å². The van der Waals surface area contributed by atoms with E-state index in [1.54, 1.807) is 18.3 Å². The quantitative estimate of drug-likeness (QED) is 0.143. The number of nitrogens with zero attached hydrogens (tertiary/aromatic N) is 2. The van der Waals surface area contributed by atoms with Gasteiger partial charge in [-0.2, -0.15) is 0 Å². The lowest BCUT2D eigenvalue weighted by Gasteiger charge is -2.10. The Kier molecular flexibility index (Phi) is 7.59. The van der Waals surface area contributed by atoms with Crippen LogP contribution in [0.1, 0.15) is 16.7 Å². The van der Waals surface area contributed by atoms with E-state index in [0.717, 1.165) is 15.6 Å². The number of nitro groups is 1. The molecule has 0 fully saturated rings. The van der Waals surface area contributed by atoms with Crippen LogP contribution in [0.4, 0.5) is 5.69 Å². The van der Waals surface area contributed by atoms with Gasteiger partial charge >= 0.3 is 0 Å². The minimum atomic E-state index is -0.439. The summed E-state index contributed by atoms with van der Waals surface area (Å²) in [4.78, 5) is 15.7. The molecular formula is C21H16BrIN2O4. The van der Waals surface area contributed by atoms with Gasteiger partial charge in [-0.05, 0) is 64.0 Å². The van der Waals surface area contributed by atoms with E-state index in [4.69, 9.17) is 9.57 Å². The number of benzene rings is 3. The maximum Gasteiger partial charge on any atom is 0.269 e. The lowest BCUT2D eigenvalue weighted by molar-refractivity contribution is -0.384. The molecule has 3 rings (SSSR count). The fourth-order valence-corrected chi connectivity index (χ4v) is 3.20. The summed E-state index contributed by atoms with van der Waals surface area (Å²) in [6, 6.07) is 20.0. The van der Waals surface area contributed by atoms with Crippen LogP contribution in [0.2, 0.25) is 0 Å². The minimum absolute atomic E-state index is 0.0216. The molecule has 0 bridgehead atoms. The maximum absolute atomic E-state index is 10.8. The molecule has 6 nitrogen and oxygen atoms in total. The van der Waals surface area contributed by atoms with Gasteiger partial charge in [-0.1, -0.05) is 45.4 Å². The fourth-order valence-electron chi connectivity index (χ4n) is 2.46. The van der Waals surface area contributed by atoms with Gasteiger partial charge in [0, 0.05) is 25.7 Å². The van der Waals surface area contributed by atoms with Crippen LogP contribution in [-0.4, -0.2) is 11.1 Å². The molecule has 0 spiro atoms. The number of rotatable bonds is 8. The van der Waals surface area contributed by atoms with Crippen LogP contribution in [0.15, 0.2) is 76.4 Å². The highest BCUT2D eigenvalue weighted by atomic mass is 127. The summed E-state index contributed by atoms with van der Waals surface area (Å²) in [5.74, 6) is 0.675. The monoisotopic (exact) mass is 566 g/mol. The Hall–Kier alpha value is -2.46. The van der Waals surface area contributed by atoms with Crippen molar-refractivity contribution in [1.29, 1.82) is 0 Å². The van der Waals surface area contributed by atoms with Gasteiger partial charge in [0.15, 0.2) is 0 Å². The largest absolute Gasteiger partial charge is 0.488 e. The normalized spacial score (nSPS) is 10.8. The average molecular weight is 567 g/mol. The Morgan fingerprint density at radius 2 is 1.83 bits per heavy atom. The number of hydrogen-bond donors (Lipinski definition) is 0. The Morgan fingerprint density at radius 1 is 1.03 bits per heavy atom. The SMILES string of the molecule is O=[N+]([O-])c1cccc(CO/N=C\c2cc(Br)ccc2OCc2ccc(I)cc2)c1. The third-order valence-corrected chi connectivity index (χ3v) is 5.11.